The van der Waals surface area contributed by atoms with E-state index in [1.54, 1.807) is 22.6 Å². The molecule has 0 aromatic carbocycles. The maximum absolute atomic E-state index is 12.5. The number of carbonyl (C=O) groups excluding carboxylic acids is 1. The fourth-order valence-electron chi connectivity index (χ4n) is 0.992. The highest BCUT2D eigenvalue weighted by Crippen LogP contribution is 2.26. The maximum Gasteiger partial charge on any atom is 0.264 e. The van der Waals surface area contributed by atoms with E-state index < -0.39 is 23.5 Å². The number of aromatic nitrogens is 1. The van der Waals surface area contributed by atoms with Crippen LogP contribution in [0.4, 0.5) is 14.6 Å². The molecule has 76 valence electrons. The number of amides is 1. The molecule has 1 rings (SSSR count). The second-order valence-corrected chi connectivity index (χ2v) is 3.56. The average molecular weight is 313 g/mol. The largest absolute Gasteiger partial charge is 0.383 e. The summed E-state index contributed by atoms with van der Waals surface area (Å²) in [5.41, 5.74) is 9.34. The van der Waals surface area contributed by atoms with Crippen LogP contribution in [0.3, 0.4) is 0 Å². The van der Waals surface area contributed by atoms with Crippen LogP contribution < -0.4 is 11.5 Å². The molecule has 0 aliphatic heterocycles. The molecule has 0 fully saturated rings. The van der Waals surface area contributed by atoms with Gasteiger partial charge in [0.1, 0.15) is 9.52 Å². The minimum absolute atomic E-state index is 0.264. The molecule has 4 N–H and O–H groups in total. The van der Waals surface area contributed by atoms with E-state index in [2.05, 4.69) is 4.98 Å². The second kappa shape index (κ2) is 4.03. The van der Waals surface area contributed by atoms with Gasteiger partial charge in [0.15, 0.2) is 0 Å². The Morgan fingerprint density at radius 2 is 2.14 bits per heavy atom. The van der Waals surface area contributed by atoms with Crippen LogP contribution in [0.2, 0.25) is 0 Å². The number of pyridine rings is 1. The lowest BCUT2D eigenvalue weighted by Gasteiger charge is -2.08. The van der Waals surface area contributed by atoms with Gasteiger partial charge < -0.3 is 11.5 Å². The van der Waals surface area contributed by atoms with Crippen molar-refractivity contribution in [2.24, 2.45) is 5.73 Å². The van der Waals surface area contributed by atoms with Gasteiger partial charge in [0.2, 0.25) is 0 Å². The van der Waals surface area contributed by atoms with Crippen LogP contribution in [0.15, 0.2) is 6.07 Å². The molecule has 0 aliphatic rings. The van der Waals surface area contributed by atoms with Crippen LogP contribution in [0.25, 0.3) is 0 Å². The van der Waals surface area contributed by atoms with Crippen molar-refractivity contribution in [2.75, 3.05) is 5.73 Å². The molecule has 14 heavy (non-hydrogen) atoms. The predicted octanol–water partition coefficient (Wildman–Crippen LogP) is 1.30. The number of nitrogens with zero attached hydrogens (tertiary/aromatic N) is 1. The van der Waals surface area contributed by atoms with Crippen molar-refractivity contribution in [3.8, 4) is 0 Å². The summed E-state index contributed by atoms with van der Waals surface area (Å²) in [4.78, 5) is 14.5. The molecule has 1 aromatic rings. The number of hydrogen-bond acceptors (Lipinski definition) is 3. The molecule has 0 saturated heterocycles. The van der Waals surface area contributed by atoms with Gasteiger partial charge in [0.05, 0.1) is 5.56 Å². The Morgan fingerprint density at radius 1 is 1.57 bits per heavy atom. The zero-order valence-electron chi connectivity index (χ0n) is 6.80. The van der Waals surface area contributed by atoms with Gasteiger partial charge in [0, 0.05) is 5.56 Å². The summed E-state index contributed by atoms with van der Waals surface area (Å²) in [6, 6.07) is 1.09. The van der Waals surface area contributed by atoms with Crippen LogP contribution in [0.1, 0.15) is 22.3 Å². The van der Waals surface area contributed by atoms with Crippen LogP contribution in [-0.2, 0) is 0 Å². The number of primary amides is 1. The third kappa shape index (κ3) is 2.08. The number of hydrogen-bond donors (Lipinski definition) is 2. The van der Waals surface area contributed by atoms with Gasteiger partial charge in [-0.1, -0.05) is 0 Å². The van der Waals surface area contributed by atoms with Crippen molar-refractivity contribution in [3.05, 3.63) is 20.9 Å². The molecule has 1 amide bonds. The third-order valence-corrected chi connectivity index (χ3v) is 2.08. The number of halogens is 3. The van der Waals surface area contributed by atoms with Crippen molar-refractivity contribution < 1.29 is 13.6 Å². The Morgan fingerprint density at radius 3 is 2.57 bits per heavy atom. The number of carbonyl (C=O) groups is 1. The average Bonchev–Trinajstić information content (AvgIpc) is 2.01. The summed E-state index contributed by atoms with van der Waals surface area (Å²) in [6.45, 7) is 0. The first-order valence-corrected chi connectivity index (χ1v) is 4.55. The number of alkyl halides is 2. The van der Waals surface area contributed by atoms with E-state index in [1.165, 1.54) is 0 Å². The first-order chi connectivity index (χ1) is 6.43. The standard InChI is InChI=1S/C7H6F2IN3O/c8-5(9)2-1-3(10)13-6(11)4(2)7(12)14/h1,5H,(H2,11,13)(H2,12,14). The zero-order valence-corrected chi connectivity index (χ0v) is 8.96. The van der Waals surface area contributed by atoms with E-state index in [0.717, 1.165) is 6.07 Å². The van der Waals surface area contributed by atoms with Crippen LogP contribution >= 0.6 is 22.6 Å². The van der Waals surface area contributed by atoms with E-state index in [4.69, 9.17) is 11.5 Å². The fraction of sp³-hybridized carbons (Fsp3) is 0.143. The van der Waals surface area contributed by atoms with Gasteiger partial charge in [-0.05, 0) is 28.7 Å². The highest BCUT2D eigenvalue weighted by atomic mass is 127. The molecular formula is C7H6F2IN3O. The number of rotatable bonds is 2. The smallest absolute Gasteiger partial charge is 0.264 e. The van der Waals surface area contributed by atoms with Crippen LogP contribution in [0, 0.1) is 3.70 Å². The van der Waals surface area contributed by atoms with E-state index in [1.807, 2.05) is 0 Å². The molecular weight excluding hydrogens is 307 g/mol. The minimum atomic E-state index is -2.80. The summed E-state index contributed by atoms with van der Waals surface area (Å²) in [7, 11) is 0. The normalized spacial score (nSPS) is 10.6. The van der Waals surface area contributed by atoms with Crippen molar-refractivity contribution in [2.45, 2.75) is 6.43 Å². The van der Waals surface area contributed by atoms with Gasteiger partial charge in [-0.25, -0.2) is 13.8 Å². The quantitative estimate of drug-likeness (QED) is 0.638. The SMILES string of the molecule is NC(=O)c1c(C(F)F)cc(I)nc1N. The highest BCUT2D eigenvalue weighted by molar-refractivity contribution is 14.1. The minimum Gasteiger partial charge on any atom is -0.383 e. The lowest BCUT2D eigenvalue weighted by Crippen LogP contribution is -2.18. The first-order valence-electron chi connectivity index (χ1n) is 3.47. The monoisotopic (exact) mass is 313 g/mol. The Bertz CT molecular complexity index is 383. The molecule has 0 aliphatic carbocycles. The van der Waals surface area contributed by atoms with Gasteiger partial charge >= 0.3 is 0 Å². The van der Waals surface area contributed by atoms with Crippen molar-refractivity contribution in [1.29, 1.82) is 0 Å². The van der Waals surface area contributed by atoms with E-state index in [9.17, 15) is 13.6 Å². The molecule has 1 aromatic heterocycles. The Hall–Kier alpha value is -0.990. The Balaban J connectivity index is 3.44. The van der Waals surface area contributed by atoms with E-state index in [-0.39, 0.29) is 5.82 Å². The topological polar surface area (TPSA) is 82.0 Å². The van der Waals surface area contributed by atoms with Gasteiger partial charge in [-0.15, -0.1) is 0 Å². The summed E-state index contributed by atoms with van der Waals surface area (Å²) >= 11 is 1.73. The van der Waals surface area contributed by atoms with Crippen molar-refractivity contribution in [3.63, 3.8) is 0 Å². The van der Waals surface area contributed by atoms with Crippen LogP contribution in [-0.4, -0.2) is 10.9 Å². The third-order valence-electron chi connectivity index (χ3n) is 1.53. The Kier molecular flexibility index (Phi) is 3.19. The van der Waals surface area contributed by atoms with Crippen molar-refractivity contribution >= 4 is 34.3 Å². The first kappa shape index (κ1) is 11.1. The van der Waals surface area contributed by atoms with Gasteiger partial charge in [-0.3, -0.25) is 4.79 Å². The number of nitrogens with two attached hydrogens (primary N) is 2. The molecule has 0 unspecified atom stereocenters. The number of anilines is 1. The number of nitrogen functional groups attached to an aromatic ring is 1. The van der Waals surface area contributed by atoms with E-state index in [0.29, 0.717) is 3.70 Å². The van der Waals surface area contributed by atoms with Crippen LogP contribution in [0.5, 0.6) is 0 Å². The summed E-state index contributed by atoms with van der Waals surface area (Å²) in [5.74, 6) is -1.26. The molecule has 0 saturated carbocycles. The molecule has 0 radical (unpaired) electrons. The lowest BCUT2D eigenvalue weighted by atomic mass is 10.1. The Labute approximate surface area is 91.8 Å². The summed E-state index contributed by atoms with van der Waals surface area (Å²) < 4.78 is 25.2. The lowest BCUT2D eigenvalue weighted by molar-refractivity contribution is 0.0986. The molecule has 1 heterocycles. The van der Waals surface area contributed by atoms with Gasteiger partial charge in [0.25, 0.3) is 12.3 Å². The molecule has 7 heteroatoms. The highest BCUT2D eigenvalue weighted by Gasteiger charge is 2.21. The second-order valence-electron chi connectivity index (χ2n) is 2.46. The molecule has 4 nitrogen and oxygen atoms in total. The van der Waals surface area contributed by atoms with Crippen molar-refractivity contribution in [1.82, 2.24) is 4.98 Å². The van der Waals surface area contributed by atoms with Gasteiger partial charge in [-0.2, -0.15) is 0 Å². The fourth-order valence-corrected chi connectivity index (χ4v) is 1.59. The predicted molar refractivity (Wildman–Crippen MR) is 54.8 cm³/mol. The summed E-state index contributed by atoms with van der Waals surface area (Å²) in [5, 5.41) is 0. The van der Waals surface area contributed by atoms with E-state index >= 15 is 0 Å². The molecule has 0 bridgehead atoms. The molecule has 0 atom stereocenters. The maximum atomic E-state index is 12.5. The zero-order chi connectivity index (χ0) is 10.9. The summed E-state index contributed by atoms with van der Waals surface area (Å²) in [6.07, 6.45) is -2.80. The molecule has 0 spiro atoms.